The molecular weight excluding hydrogens is 282 g/mol. The van der Waals surface area contributed by atoms with Crippen molar-refractivity contribution < 1.29 is 0 Å². The molecule has 3 rings (SSSR count). The molecule has 3 heteroatoms. The van der Waals surface area contributed by atoms with E-state index < -0.39 is 0 Å². The van der Waals surface area contributed by atoms with E-state index >= 15 is 0 Å². The van der Waals surface area contributed by atoms with Gasteiger partial charge in [0.2, 0.25) is 0 Å². The smallest absolute Gasteiger partial charge is 0.0285 e. The molecule has 1 aromatic rings. The maximum Gasteiger partial charge on any atom is 0.0285 e. The standard InChI is InChI=1S/C13H18BrNS/c14-11-6-13(16-8-11)5-9-1-2-10(9)7-15-12-3-4-12/h6,8-10,12,15H,1-5,7H2. The summed E-state index contributed by atoms with van der Waals surface area (Å²) in [7, 11) is 0. The molecule has 1 nitrogen and oxygen atoms in total. The number of hydrogen-bond donors (Lipinski definition) is 1. The van der Waals surface area contributed by atoms with Crippen LogP contribution in [-0.4, -0.2) is 12.6 Å². The van der Waals surface area contributed by atoms with Crippen molar-refractivity contribution in [1.29, 1.82) is 0 Å². The molecule has 88 valence electrons. The molecule has 0 saturated heterocycles. The van der Waals surface area contributed by atoms with Gasteiger partial charge in [0.15, 0.2) is 0 Å². The first-order valence-electron chi connectivity index (χ1n) is 6.27. The first kappa shape index (κ1) is 11.2. The monoisotopic (exact) mass is 299 g/mol. The Morgan fingerprint density at radius 3 is 2.62 bits per heavy atom. The van der Waals surface area contributed by atoms with Gasteiger partial charge in [-0.2, -0.15) is 0 Å². The van der Waals surface area contributed by atoms with Gasteiger partial charge >= 0.3 is 0 Å². The third-order valence-corrected chi connectivity index (χ3v) is 5.63. The lowest BCUT2D eigenvalue weighted by Crippen LogP contribution is -2.37. The van der Waals surface area contributed by atoms with Crippen molar-refractivity contribution in [3.8, 4) is 0 Å². The zero-order chi connectivity index (χ0) is 11.0. The Labute approximate surface area is 110 Å². The van der Waals surface area contributed by atoms with Crippen LogP contribution in [0.2, 0.25) is 0 Å². The molecule has 0 radical (unpaired) electrons. The highest BCUT2D eigenvalue weighted by molar-refractivity contribution is 9.10. The van der Waals surface area contributed by atoms with Crippen molar-refractivity contribution in [2.24, 2.45) is 11.8 Å². The fourth-order valence-electron chi connectivity index (χ4n) is 2.50. The average molecular weight is 300 g/mol. The van der Waals surface area contributed by atoms with E-state index in [4.69, 9.17) is 0 Å². The lowest BCUT2D eigenvalue weighted by atomic mass is 9.71. The van der Waals surface area contributed by atoms with E-state index in [9.17, 15) is 0 Å². The third kappa shape index (κ3) is 2.69. The molecule has 2 atom stereocenters. The number of thiophene rings is 1. The first-order valence-corrected chi connectivity index (χ1v) is 7.95. The van der Waals surface area contributed by atoms with Gasteiger partial charge in [-0.15, -0.1) is 11.3 Å². The van der Waals surface area contributed by atoms with Crippen molar-refractivity contribution in [3.05, 3.63) is 20.8 Å². The minimum Gasteiger partial charge on any atom is -0.314 e. The van der Waals surface area contributed by atoms with Crippen molar-refractivity contribution in [1.82, 2.24) is 5.32 Å². The highest BCUT2D eigenvalue weighted by Gasteiger charge is 2.32. The topological polar surface area (TPSA) is 12.0 Å². The summed E-state index contributed by atoms with van der Waals surface area (Å²) >= 11 is 5.43. The van der Waals surface area contributed by atoms with Crippen LogP contribution in [0.3, 0.4) is 0 Å². The van der Waals surface area contributed by atoms with Gasteiger partial charge in [-0.05, 0) is 72.5 Å². The van der Waals surface area contributed by atoms with Crippen molar-refractivity contribution in [3.63, 3.8) is 0 Å². The lowest BCUT2D eigenvalue weighted by molar-refractivity contribution is 0.171. The van der Waals surface area contributed by atoms with Gasteiger partial charge < -0.3 is 5.32 Å². The molecule has 0 amide bonds. The van der Waals surface area contributed by atoms with Gasteiger partial charge in [0.1, 0.15) is 0 Å². The molecule has 1 aromatic heterocycles. The van der Waals surface area contributed by atoms with Gasteiger partial charge in [0.25, 0.3) is 0 Å². The maximum absolute atomic E-state index is 3.67. The quantitative estimate of drug-likeness (QED) is 0.871. The largest absolute Gasteiger partial charge is 0.314 e. The Balaban J connectivity index is 1.47. The van der Waals surface area contributed by atoms with Crippen LogP contribution in [0.1, 0.15) is 30.6 Å². The van der Waals surface area contributed by atoms with Crippen molar-refractivity contribution in [2.75, 3.05) is 6.54 Å². The maximum atomic E-state index is 3.67. The predicted octanol–water partition coefficient (Wildman–Crippen LogP) is 3.83. The van der Waals surface area contributed by atoms with Crippen molar-refractivity contribution >= 4 is 27.3 Å². The van der Waals surface area contributed by atoms with E-state index in [-0.39, 0.29) is 0 Å². The van der Waals surface area contributed by atoms with Crippen LogP contribution in [0.4, 0.5) is 0 Å². The molecule has 16 heavy (non-hydrogen) atoms. The predicted molar refractivity (Wildman–Crippen MR) is 73.0 cm³/mol. The Bertz CT molecular complexity index is 359. The van der Waals surface area contributed by atoms with Crippen molar-refractivity contribution in [2.45, 2.75) is 38.1 Å². The van der Waals surface area contributed by atoms with Crippen LogP contribution in [0.5, 0.6) is 0 Å². The number of hydrogen-bond acceptors (Lipinski definition) is 2. The average Bonchev–Trinajstić information content (AvgIpc) is 2.97. The highest BCUT2D eigenvalue weighted by Crippen LogP contribution is 2.38. The van der Waals surface area contributed by atoms with Gasteiger partial charge in [0, 0.05) is 20.8 Å². The van der Waals surface area contributed by atoms with E-state index in [0.717, 1.165) is 17.9 Å². The van der Waals surface area contributed by atoms with E-state index in [1.165, 1.54) is 43.1 Å². The van der Waals surface area contributed by atoms with Gasteiger partial charge in [0.05, 0.1) is 0 Å². The van der Waals surface area contributed by atoms with E-state index in [0.29, 0.717) is 0 Å². The zero-order valence-electron chi connectivity index (χ0n) is 9.42. The molecule has 2 aliphatic carbocycles. The second-order valence-corrected chi connectivity index (χ2v) is 7.13. The summed E-state index contributed by atoms with van der Waals surface area (Å²) in [5.74, 6) is 1.89. The van der Waals surface area contributed by atoms with Crippen LogP contribution in [-0.2, 0) is 6.42 Å². The summed E-state index contributed by atoms with van der Waals surface area (Å²) in [6.45, 7) is 1.27. The zero-order valence-corrected chi connectivity index (χ0v) is 11.8. The van der Waals surface area contributed by atoms with Crippen LogP contribution >= 0.6 is 27.3 Å². The molecule has 2 fully saturated rings. The summed E-state index contributed by atoms with van der Waals surface area (Å²) in [5, 5.41) is 5.87. The van der Waals surface area contributed by atoms with Crippen LogP contribution < -0.4 is 5.32 Å². The molecule has 1 heterocycles. The minimum absolute atomic E-state index is 0.872. The van der Waals surface area contributed by atoms with Gasteiger partial charge in [-0.1, -0.05) is 0 Å². The number of rotatable bonds is 5. The minimum atomic E-state index is 0.872. The summed E-state index contributed by atoms with van der Waals surface area (Å²) in [6.07, 6.45) is 7.00. The van der Waals surface area contributed by atoms with E-state index in [1.54, 1.807) is 4.88 Å². The molecule has 2 aliphatic rings. The number of halogens is 1. The third-order valence-electron chi connectivity index (χ3n) is 3.91. The summed E-state index contributed by atoms with van der Waals surface area (Å²) in [5.41, 5.74) is 0. The molecule has 2 unspecified atom stereocenters. The van der Waals surface area contributed by atoms with Crippen LogP contribution in [0.25, 0.3) is 0 Å². The van der Waals surface area contributed by atoms with E-state index in [2.05, 4.69) is 32.7 Å². The molecule has 0 spiro atoms. The fourth-order valence-corrected chi connectivity index (χ4v) is 4.05. The molecular formula is C13H18BrNS. The Morgan fingerprint density at radius 2 is 2.06 bits per heavy atom. The van der Waals surface area contributed by atoms with Crippen LogP contribution in [0, 0.1) is 11.8 Å². The Morgan fingerprint density at radius 1 is 1.25 bits per heavy atom. The number of nitrogens with one attached hydrogen (secondary N) is 1. The second-order valence-electron chi connectivity index (χ2n) is 5.22. The molecule has 0 aromatic carbocycles. The van der Waals surface area contributed by atoms with Gasteiger partial charge in [-0.25, -0.2) is 0 Å². The Hall–Kier alpha value is 0.140. The SMILES string of the molecule is Brc1csc(CC2CCC2CNC2CC2)c1. The van der Waals surface area contributed by atoms with Crippen LogP contribution in [0.15, 0.2) is 15.9 Å². The summed E-state index contributed by atoms with van der Waals surface area (Å²) < 4.78 is 1.25. The molecule has 0 bridgehead atoms. The summed E-state index contributed by atoms with van der Waals surface area (Å²) in [6, 6.07) is 3.16. The normalized spacial score (nSPS) is 29.1. The molecule has 1 N–H and O–H groups in total. The Kier molecular flexibility index (Phi) is 3.37. The molecule has 2 saturated carbocycles. The second kappa shape index (κ2) is 4.79. The fraction of sp³-hybridized carbons (Fsp3) is 0.692. The highest BCUT2D eigenvalue weighted by atomic mass is 79.9. The lowest BCUT2D eigenvalue weighted by Gasteiger charge is -2.36. The van der Waals surface area contributed by atoms with E-state index in [1.807, 2.05) is 11.3 Å². The van der Waals surface area contributed by atoms with Gasteiger partial charge in [-0.3, -0.25) is 0 Å². The summed E-state index contributed by atoms with van der Waals surface area (Å²) in [4.78, 5) is 1.55. The first-order chi connectivity index (χ1) is 7.81. The molecule has 0 aliphatic heterocycles.